The SMILES string of the molecule is Nc1ncnc2c1nc(SCC(O)COc1ccccc1)n2[C@@H]1O[C@H](CO)C(O)C1O. The number of nitrogen functional groups attached to an aromatic ring is 1. The zero-order valence-electron chi connectivity index (χ0n) is 16.4. The van der Waals surface area contributed by atoms with Gasteiger partial charge in [-0.15, -0.1) is 0 Å². The van der Waals surface area contributed by atoms with Crippen molar-refractivity contribution in [2.75, 3.05) is 24.7 Å². The van der Waals surface area contributed by atoms with Crippen molar-refractivity contribution in [3.8, 4) is 5.75 Å². The third-order valence-corrected chi connectivity index (χ3v) is 5.93. The first-order valence-corrected chi connectivity index (χ1v) is 10.6. The number of para-hydroxylation sites is 1. The maximum absolute atomic E-state index is 10.5. The number of hydrogen-bond donors (Lipinski definition) is 5. The van der Waals surface area contributed by atoms with Gasteiger partial charge < -0.3 is 35.6 Å². The number of anilines is 1. The van der Waals surface area contributed by atoms with Crippen molar-refractivity contribution in [3.05, 3.63) is 36.7 Å². The summed E-state index contributed by atoms with van der Waals surface area (Å²) in [7, 11) is 0. The Kier molecular flexibility index (Phi) is 6.55. The number of imidazole rings is 1. The summed E-state index contributed by atoms with van der Waals surface area (Å²) in [6, 6.07) is 9.14. The largest absolute Gasteiger partial charge is 0.491 e. The Morgan fingerprint density at radius 1 is 1.19 bits per heavy atom. The van der Waals surface area contributed by atoms with E-state index >= 15 is 0 Å². The normalized spacial score (nSPS) is 24.5. The molecule has 166 valence electrons. The van der Waals surface area contributed by atoms with Gasteiger partial charge in [0, 0.05) is 5.75 Å². The number of aliphatic hydroxyl groups is 4. The van der Waals surface area contributed by atoms with Crippen molar-refractivity contribution in [2.24, 2.45) is 0 Å². The van der Waals surface area contributed by atoms with E-state index in [1.54, 1.807) is 12.1 Å². The van der Waals surface area contributed by atoms with Gasteiger partial charge in [-0.2, -0.15) is 0 Å². The summed E-state index contributed by atoms with van der Waals surface area (Å²) in [5.74, 6) is 1.01. The van der Waals surface area contributed by atoms with E-state index in [0.29, 0.717) is 22.1 Å². The first-order chi connectivity index (χ1) is 15.0. The summed E-state index contributed by atoms with van der Waals surface area (Å²) in [4.78, 5) is 12.6. The molecule has 3 aromatic rings. The van der Waals surface area contributed by atoms with Crippen molar-refractivity contribution >= 4 is 28.7 Å². The molecule has 0 amide bonds. The minimum Gasteiger partial charge on any atom is -0.491 e. The maximum Gasteiger partial charge on any atom is 0.172 e. The van der Waals surface area contributed by atoms with E-state index in [1.165, 1.54) is 22.7 Å². The van der Waals surface area contributed by atoms with Gasteiger partial charge in [-0.3, -0.25) is 4.57 Å². The lowest BCUT2D eigenvalue weighted by Crippen LogP contribution is -2.33. The van der Waals surface area contributed by atoms with Crippen LogP contribution in [0.4, 0.5) is 5.82 Å². The molecule has 1 aliphatic rings. The third-order valence-electron chi connectivity index (χ3n) is 4.84. The molecular formula is C19H23N5O6S. The average Bonchev–Trinajstić information content (AvgIpc) is 3.29. The number of ether oxygens (including phenoxy) is 2. The summed E-state index contributed by atoms with van der Waals surface area (Å²) < 4.78 is 12.7. The number of hydrogen-bond acceptors (Lipinski definition) is 11. The van der Waals surface area contributed by atoms with Crippen LogP contribution in [0.5, 0.6) is 5.75 Å². The van der Waals surface area contributed by atoms with Gasteiger partial charge in [0.05, 0.1) is 12.7 Å². The lowest BCUT2D eigenvalue weighted by Gasteiger charge is -2.19. The van der Waals surface area contributed by atoms with Crippen molar-refractivity contribution in [2.45, 2.75) is 35.8 Å². The predicted octanol–water partition coefficient (Wildman–Crippen LogP) is -0.448. The van der Waals surface area contributed by atoms with Crippen LogP contribution in [0.25, 0.3) is 11.2 Å². The highest BCUT2D eigenvalue weighted by Crippen LogP contribution is 2.36. The zero-order chi connectivity index (χ0) is 22.0. The molecule has 1 fully saturated rings. The summed E-state index contributed by atoms with van der Waals surface area (Å²) in [5, 5.41) is 40.7. The quantitative estimate of drug-likeness (QED) is 0.282. The molecule has 3 heterocycles. The van der Waals surface area contributed by atoms with Crippen LogP contribution in [-0.4, -0.2) is 83.3 Å². The number of nitrogens with two attached hydrogens (primary N) is 1. The van der Waals surface area contributed by atoms with Gasteiger partial charge >= 0.3 is 0 Å². The summed E-state index contributed by atoms with van der Waals surface area (Å²) in [6.45, 7) is -0.385. The molecular weight excluding hydrogens is 426 g/mol. The van der Waals surface area contributed by atoms with Gasteiger partial charge in [-0.05, 0) is 12.1 Å². The zero-order valence-corrected chi connectivity index (χ0v) is 17.2. The van der Waals surface area contributed by atoms with Crippen LogP contribution in [-0.2, 0) is 4.74 Å². The van der Waals surface area contributed by atoms with Gasteiger partial charge in [-0.25, -0.2) is 15.0 Å². The van der Waals surface area contributed by atoms with Crippen molar-refractivity contribution in [3.63, 3.8) is 0 Å². The van der Waals surface area contributed by atoms with Gasteiger partial charge in [0.1, 0.15) is 37.0 Å². The van der Waals surface area contributed by atoms with Crippen LogP contribution in [0.15, 0.2) is 41.8 Å². The Labute approximate surface area is 181 Å². The number of benzene rings is 1. The maximum atomic E-state index is 10.5. The second-order valence-electron chi connectivity index (χ2n) is 7.01. The number of fused-ring (bicyclic) bond motifs is 1. The Morgan fingerprint density at radius 2 is 1.97 bits per heavy atom. The van der Waals surface area contributed by atoms with Gasteiger partial charge in [-0.1, -0.05) is 30.0 Å². The molecule has 12 heteroatoms. The van der Waals surface area contributed by atoms with E-state index in [4.69, 9.17) is 15.2 Å². The van der Waals surface area contributed by atoms with Crippen molar-refractivity contribution < 1.29 is 29.9 Å². The van der Waals surface area contributed by atoms with Gasteiger partial charge in [0.2, 0.25) is 0 Å². The molecule has 6 N–H and O–H groups in total. The summed E-state index contributed by atoms with van der Waals surface area (Å²) >= 11 is 1.19. The fourth-order valence-electron chi connectivity index (χ4n) is 3.26. The second kappa shape index (κ2) is 9.34. The number of thioether (sulfide) groups is 1. The number of aliphatic hydroxyl groups excluding tert-OH is 4. The topological polar surface area (TPSA) is 169 Å². The fraction of sp³-hybridized carbons (Fsp3) is 0.421. The highest BCUT2D eigenvalue weighted by atomic mass is 32.2. The Bertz CT molecular complexity index is 1020. The lowest BCUT2D eigenvalue weighted by molar-refractivity contribution is -0.0548. The first kappa shape index (κ1) is 21.7. The molecule has 0 saturated carbocycles. The van der Waals surface area contributed by atoms with Crippen LogP contribution in [0.2, 0.25) is 0 Å². The second-order valence-corrected chi connectivity index (χ2v) is 8.00. The fourth-order valence-corrected chi connectivity index (χ4v) is 4.18. The van der Waals surface area contributed by atoms with E-state index in [9.17, 15) is 20.4 Å². The average molecular weight is 449 g/mol. The van der Waals surface area contributed by atoms with Crippen LogP contribution in [0.3, 0.4) is 0 Å². The van der Waals surface area contributed by atoms with Crippen LogP contribution in [0.1, 0.15) is 6.23 Å². The lowest BCUT2D eigenvalue weighted by atomic mass is 10.1. The molecule has 4 rings (SSSR count). The number of nitrogens with zero attached hydrogens (tertiary/aromatic N) is 4. The van der Waals surface area contributed by atoms with Crippen LogP contribution in [0, 0.1) is 0 Å². The monoisotopic (exact) mass is 449 g/mol. The standard InChI is InChI=1S/C19H23N5O6S/c20-16-13-17(22-9-21-16)24(18-15(28)14(27)12(6-25)30-18)19(23-13)31-8-10(26)7-29-11-4-2-1-3-5-11/h1-5,9-10,12,14-15,18,25-28H,6-8H2,(H2,20,21,22)/t10?,12-,14?,15?,18-/m1/s1. The molecule has 0 radical (unpaired) electrons. The minimum atomic E-state index is -1.32. The summed E-state index contributed by atoms with van der Waals surface area (Å²) in [5.41, 5.74) is 6.53. The smallest absolute Gasteiger partial charge is 0.172 e. The number of aromatic nitrogens is 4. The van der Waals surface area contributed by atoms with E-state index in [-0.39, 0.29) is 18.2 Å². The first-order valence-electron chi connectivity index (χ1n) is 9.59. The molecule has 31 heavy (non-hydrogen) atoms. The van der Waals surface area contributed by atoms with Crippen LogP contribution < -0.4 is 10.5 Å². The molecule has 1 aliphatic heterocycles. The summed E-state index contributed by atoms with van der Waals surface area (Å²) in [6.07, 6.45) is -4.17. The molecule has 3 unspecified atom stereocenters. The molecule has 11 nitrogen and oxygen atoms in total. The highest BCUT2D eigenvalue weighted by Gasteiger charge is 2.45. The van der Waals surface area contributed by atoms with E-state index in [0.717, 1.165) is 0 Å². The highest BCUT2D eigenvalue weighted by molar-refractivity contribution is 7.99. The van der Waals surface area contributed by atoms with Crippen molar-refractivity contribution in [1.82, 2.24) is 19.5 Å². The van der Waals surface area contributed by atoms with Gasteiger partial charge in [0.25, 0.3) is 0 Å². The van der Waals surface area contributed by atoms with Crippen LogP contribution >= 0.6 is 11.8 Å². The molecule has 0 bridgehead atoms. The van der Waals surface area contributed by atoms with Gasteiger partial charge in [0.15, 0.2) is 28.4 Å². The Hall–Kier alpha value is -2.48. The predicted molar refractivity (Wildman–Crippen MR) is 111 cm³/mol. The molecule has 0 spiro atoms. The minimum absolute atomic E-state index is 0.0764. The molecule has 0 aliphatic carbocycles. The Morgan fingerprint density at radius 3 is 2.68 bits per heavy atom. The third kappa shape index (κ3) is 4.44. The van der Waals surface area contributed by atoms with Crippen molar-refractivity contribution in [1.29, 1.82) is 0 Å². The molecule has 1 saturated heterocycles. The van der Waals surface area contributed by atoms with E-state index in [1.807, 2.05) is 18.2 Å². The number of rotatable bonds is 8. The van der Waals surface area contributed by atoms with E-state index in [2.05, 4.69) is 15.0 Å². The Balaban J connectivity index is 1.54. The van der Waals surface area contributed by atoms with E-state index < -0.39 is 37.3 Å². The molecule has 5 atom stereocenters. The molecule has 2 aromatic heterocycles. The molecule has 1 aromatic carbocycles.